The predicted octanol–water partition coefficient (Wildman–Crippen LogP) is 4.76. The van der Waals surface area contributed by atoms with E-state index in [1.54, 1.807) is 18.2 Å². The Kier molecular flexibility index (Phi) is 9.80. The number of amides is 1. The molecule has 0 spiro atoms. The van der Waals surface area contributed by atoms with Crippen LogP contribution in [0.1, 0.15) is 44.9 Å². The molecule has 4 nitrogen and oxygen atoms in total. The maximum absolute atomic E-state index is 12.2. The third-order valence-corrected chi connectivity index (χ3v) is 4.73. The van der Waals surface area contributed by atoms with E-state index in [0.29, 0.717) is 41.3 Å². The highest BCUT2D eigenvalue weighted by Gasteiger charge is 2.21. The highest BCUT2D eigenvalue weighted by atomic mass is 35.5. The molecule has 0 saturated heterocycles. The van der Waals surface area contributed by atoms with Crippen LogP contribution in [0.25, 0.3) is 0 Å². The van der Waals surface area contributed by atoms with E-state index in [4.69, 9.17) is 32.7 Å². The molecule has 0 unspecified atom stereocenters. The molecule has 0 heterocycles. The summed E-state index contributed by atoms with van der Waals surface area (Å²) >= 11 is 11.9. The third kappa shape index (κ3) is 6.70. The summed E-state index contributed by atoms with van der Waals surface area (Å²) in [5, 5.41) is 1.08. The molecule has 1 amide bonds. The summed E-state index contributed by atoms with van der Waals surface area (Å²) in [6.45, 7) is 2.48. The minimum atomic E-state index is 0.206. The smallest absolute Gasteiger partial charge is 0.222 e. The van der Waals surface area contributed by atoms with Crippen LogP contribution >= 0.6 is 23.2 Å². The lowest BCUT2D eigenvalue weighted by molar-refractivity contribution is -0.132. The van der Waals surface area contributed by atoms with Crippen molar-refractivity contribution in [3.8, 4) is 5.75 Å². The van der Waals surface area contributed by atoms with Gasteiger partial charge in [0, 0.05) is 24.5 Å². The summed E-state index contributed by atoms with van der Waals surface area (Å²) in [6.07, 6.45) is 7.25. The fourth-order valence-electron chi connectivity index (χ4n) is 2.85. The van der Waals surface area contributed by atoms with Gasteiger partial charge in [0.05, 0.1) is 11.6 Å². The monoisotopic (exact) mass is 373 g/mol. The molecule has 0 atom stereocenters. The average molecular weight is 374 g/mol. The molecule has 2 rings (SSSR count). The van der Waals surface area contributed by atoms with Crippen molar-refractivity contribution in [1.29, 1.82) is 0 Å². The van der Waals surface area contributed by atoms with E-state index in [-0.39, 0.29) is 5.91 Å². The third-order valence-electron chi connectivity index (χ3n) is 4.20. The van der Waals surface area contributed by atoms with Crippen LogP contribution in [0.2, 0.25) is 10.0 Å². The van der Waals surface area contributed by atoms with Crippen LogP contribution in [0.15, 0.2) is 18.2 Å². The second-order valence-corrected chi connectivity index (χ2v) is 6.67. The van der Waals surface area contributed by atoms with E-state index in [9.17, 15) is 4.79 Å². The van der Waals surface area contributed by atoms with Crippen LogP contribution in [-0.2, 0) is 9.59 Å². The molecule has 0 bridgehead atoms. The van der Waals surface area contributed by atoms with Gasteiger partial charge in [-0.2, -0.15) is 0 Å². The number of carbonyl (C=O) groups is 2. The average Bonchev–Trinajstić information content (AvgIpc) is 2.62. The maximum Gasteiger partial charge on any atom is 0.222 e. The number of hydrogen-bond donors (Lipinski definition) is 0. The number of ether oxygens (including phenoxy) is 1. The molecule has 1 aromatic carbocycles. The van der Waals surface area contributed by atoms with Crippen molar-refractivity contribution in [2.24, 2.45) is 0 Å². The zero-order chi connectivity index (χ0) is 17.9. The molecule has 1 saturated carbocycles. The van der Waals surface area contributed by atoms with E-state index < -0.39 is 0 Å². The van der Waals surface area contributed by atoms with Crippen molar-refractivity contribution in [2.75, 3.05) is 13.7 Å². The molecule has 1 aliphatic carbocycles. The Balaban J connectivity index is 0.00000139. The van der Waals surface area contributed by atoms with E-state index >= 15 is 0 Å². The first kappa shape index (κ1) is 20.8. The number of hydrogen-bond acceptors (Lipinski definition) is 3. The van der Waals surface area contributed by atoms with Crippen LogP contribution in [0.3, 0.4) is 0 Å². The van der Waals surface area contributed by atoms with Gasteiger partial charge in [-0.15, -0.1) is 0 Å². The van der Waals surface area contributed by atoms with Gasteiger partial charge < -0.3 is 14.4 Å². The normalized spacial score (nSPS) is 14.5. The Hall–Kier alpha value is -1.26. The fraction of sp³-hybridized carbons (Fsp3) is 0.556. The van der Waals surface area contributed by atoms with Gasteiger partial charge in [0.1, 0.15) is 12.5 Å². The van der Waals surface area contributed by atoms with Crippen molar-refractivity contribution in [1.82, 2.24) is 4.90 Å². The Morgan fingerprint density at radius 2 is 1.92 bits per heavy atom. The quantitative estimate of drug-likeness (QED) is 0.675. The van der Waals surface area contributed by atoms with E-state index in [1.165, 1.54) is 19.3 Å². The van der Waals surface area contributed by atoms with Gasteiger partial charge in [-0.3, -0.25) is 4.79 Å². The zero-order valence-corrected chi connectivity index (χ0v) is 15.6. The minimum Gasteiger partial charge on any atom is -0.492 e. The SMILES string of the molecule is C=O.CN(C(=O)CCCOc1ccc(Cl)cc1Cl)C1CCCCC1. The van der Waals surface area contributed by atoms with E-state index in [0.717, 1.165) is 12.8 Å². The van der Waals surface area contributed by atoms with E-state index in [1.807, 2.05) is 18.7 Å². The van der Waals surface area contributed by atoms with Gasteiger partial charge in [-0.25, -0.2) is 0 Å². The summed E-state index contributed by atoms with van der Waals surface area (Å²) < 4.78 is 5.61. The van der Waals surface area contributed by atoms with Crippen LogP contribution < -0.4 is 4.74 Å². The molecular formula is C18H25Cl2NO3. The Morgan fingerprint density at radius 3 is 2.54 bits per heavy atom. The van der Waals surface area contributed by atoms with Gasteiger partial charge in [-0.05, 0) is 37.5 Å². The summed E-state index contributed by atoms with van der Waals surface area (Å²) in [7, 11) is 1.93. The van der Waals surface area contributed by atoms with Crippen molar-refractivity contribution in [3.63, 3.8) is 0 Å². The Labute approximate surface area is 154 Å². The minimum absolute atomic E-state index is 0.206. The number of halogens is 2. The highest BCUT2D eigenvalue weighted by molar-refractivity contribution is 6.35. The van der Waals surface area contributed by atoms with E-state index in [2.05, 4.69) is 0 Å². The van der Waals surface area contributed by atoms with Crippen LogP contribution in [0.4, 0.5) is 0 Å². The van der Waals surface area contributed by atoms with Gasteiger partial charge in [0.15, 0.2) is 0 Å². The molecule has 24 heavy (non-hydrogen) atoms. The lowest BCUT2D eigenvalue weighted by Gasteiger charge is -2.31. The molecule has 6 heteroatoms. The largest absolute Gasteiger partial charge is 0.492 e. The predicted molar refractivity (Wildman–Crippen MR) is 98.0 cm³/mol. The summed E-state index contributed by atoms with van der Waals surface area (Å²) in [4.78, 5) is 22.1. The number of carbonyl (C=O) groups excluding carboxylic acids is 2. The van der Waals surface area contributed by atoms with Gasteiger partial charge in [-0.1, -0.05) is 42.5 Å². The number of nitrogens with zero attached hydrogens (tertiary/aromatic N) is 1. The maximum atomic E-state index is 12.2. The molecular weight excluding hydrogens is 349 g/mol. The molecule has 0 N–H and O–H groups in total. The van der Waals surface area contributed by atoms with Crippen LogP contribution in [0, 0.1) is 0 Å². The standard InChI is InChI=1S/C17H23Cl2NO2.CH2O/c1-20(14-6-3-2-4-7-14)17(21)8-5-11-22-16-10-9-13(18)12-15(16)19;1-2/h9-10,12,14H,2-8,11H2,1H3;1H2. The molecule has 0 aliphatic heterocycles. The molecule has 0 radical (unpaired) electrons. The summed E-state index contributed by atoms with van der Waals surface area (Å²) in [6, 6.07) is 5.57. The Morgan fingerprint density at radius 1 is 1.25 bits per heavy atom. The molecule has 134 valence electrons. The van der Waals surface area contributed by atoms with Crippen molar-refractivity contribution >= 4 is 35.9 Å². The van der Waals surface area contributed by atoms with Crippen LogP contribution in [-0.4, -0.2) is 37.3 Å². The number of benzene rings is 1. The van der Waals surface area contributed by atoms with Crippen molar-refractivity contribution in [2.45, 2.75) is 51.0 Å². The summed E-state index contributed by atoms with van der Waals surface area (Å²) in [5.41, 5.74) is 0. The van der Waals surface area contributed by atoms with Gasteiger partial charge in [0.2, 0.25) is 5.91 Å². The summed E-state index contributed by atoms with van der Waals surface area (Å²) in [5.74, 6) is 0.817. The first-order chi connectivity index (χ1) is 11.6. The highest BCUT2D eigenvalue weighted by Crippen LogP contribution is 2.27. The second-order valence-electron chi connectivity index (χ2n) is 5.82. The number of rotatable bonds is 6. The molecule has 1 aromatic rings. The first-order valence-electron chi connectivity index (χ1n) is 8.20. The van der Waals surface area contributed by atoms with Gasteiger partial charge in [0.25, 0.3) is 0 Å². The topological polar surface area (TPSA) is 46.6 Å². The zero-order valence-electron chi connectivity index (χ0n) is 14.1. The first-order valence-corrected chi connectivity index (χ1v) is 8.96. The van der Waals surface area contributed by atoms with Crippen molar-refractivity contribution < 1.29 is 14.3 Å². The Bertz CT molecular complexity index is 519. The lowest BCUT2D eigenvalue weighted by atomic mass is 9.94. The molecule has 1 aliphatic rings. The second kappa shape index (κ2) is 11.3. The van der Waals surface area contributed by atoms with Crippen molar-refractivity contribution in [3.05, 3.63) is 28.2 Å². The van der Waals surface area contributed by atoms with Gasteiger partial charge >= 0.3 is 0 Å². The molecule has 1 fully saturated rings. The lowest BCUT2D eigenvalue weighted by Crippen LogP contribution is -2.38. The molecule has 0 aromatic heterocycles. The fourth-order valence-corrected chi connectivity index (χ4v) is 3.31. The van der Waals surface area contributed by atoms with Crippen LogP contribution in [0.5, 0.6) is 5.75 Å².